The highest BCUT2D eigenvalue weighted by Gasteiger charge is 2.08. The van der Waals surface area contributed by atoms with Crippen LogP contribution in [0.15, 0.2) is 36.4 Å². The van der Waals surface area contributed by atoms with Crippen LogP contribution in [0.5, 0.6) is 0 Å². The maximum Gasteiger partial charge on any atom is 0.132 e. The lowest BCUT2D eigenvalue weighted by atomic mass is 10.2. The molecule has 19 heavy (non-hydrogen) atoms. The molecule has 0 fully saturated rings. The maximum absolute atomic E-state index is 13.2. The third-order valence-electron chi connectivity index (χ3n) is 3.09. The molecule has 0 bridgehead atoms. The van der Waals surface area contributed by atoms with E-state index in [1.165, 1.54) is 17.7 Å². The fourth-order valence-corrected chi connectivity index (χ4v) is 1.96. The summed E-state index contributed by atoms with van der Waals surface area (Å²) in [5.41, 5.74) is 2.93. The fourth-order valence-electron chi connectivity index (χ4n) is 1.96. The smallest absolute Gasteiger partial charge is 0.132 e. The number of pyridine rings is 1. The van der Waals surface area contributed by atoms with Crippen molar-refractivity contribution in [2.75, 3.05) is 19.0 Å². The quantitative estimate of drug-likeness (QED) is 0.914. The first-order valence-electron chi connectivity index (χ1n) is 6.22. The first-order chi connectivity index (χ1) is 9.11. The van der Waals surface area contributed by atoms with E-state index in [9.17, 15) is 4.39 Å². The lowest BCUT2D eigenvalue weighted by Crippen LogP contribution is -2.13. The Kier molecular flexibility index (Phi) is 4.12. The van der Waals surface area contributed by atoms with Crippen molar-refractivity contribution in [2.45, 2.75) is 13.5 Å². The van der Waals surface area contributed by atoms with Crippen LogP contribution in [0.2, 0.25) is 0 Å². The van der Waals surface area contributed by atoms with Gasteiger partial charge in [-0.1, -0.05) is 12.1 Å². The normalized spacial score (nSPS) is 10.5. The molecule has 3 nitrogen and oxygen atoms in total. The van der Waals surface area contributed by atoms with Gasteiger partial charge in [0.05, 0.1) is 0 Å². The molecule has 0 spiro atoms. The molecule has 1 N–H and O–H groups in total. The molecule has 0 unspecified atom stereocenters. The van der Waals surface area contributed by atoms with Crippen molar-refractivity contribution in [3.63, 3.8) is 0 Å². The zero-order valence-electron chi connectivity index (χ0n) is 11.4. The highest BCUT2D eigenvalue weighted by molar-refractivity contribution is 5.59. The van der Waals surface area contributed by atoms with Gasteiger partial charge in [-0.15, -0.1) is 0 Å². The van der Waals surface area contributed by atoms with Crippen molar-refractivity contribution in [3.8, 4) is 0 Å². The van der Waals surface area contributed by atoms with E-state index in [4.69, 9.17) is 0 Å². The van der Waals surface area contributed by atoms with E-state index in [0.29, 0.717) is 0 Å². The summed E-state index contributed by atoms with van der Waals surface area (Å²) in [6.07, 6.45) is 0. The van der Waals surface area contributed by atoms with Crippen LogP contribution in [0.1, 0.15) is 11.3 Å². The Morgan fingerprint density at radius 3 is 2.68 bits per heavy atom. The Morgan fingerprint density at radius 1 is 1.26 bits per heavy atom. The van der Waals surface area contributed by atoms with Crippen molar-refractivity contribution in [1.29, 1.82) is 0 Å². The van der Waals surface area contributed by atoms with Crippen LogP contribution >= 0.6 is 0 Å². The molecule has 0 amide bonds. The number of nitrogens with one attached hydrogen (secondary N) is 1. The van der Waals surface area contributed by atoms with Crippen molar-refractivity contribution < 1.29 is 4.39 Å². The van der Waals surface area contributed by atoms with Crippen LogP contribution in [0.4, 0.5) is 15.9 Å². The van der Waals surface area contributed by atoms with Gasteiger partial charge in [-0.05, 0) is 43.8 Å². The van der Waals surface area contributed by atoms with Gasteiger partial charge < -0.3 is 10.2 Å². The number of nitrogens with zero attached hydrogens (tertiary/aromatic N) is 2. The summed E-state index contributed by atoms with van der Waals surface area (Å²) in [6.45, 7) is 2.78. The van der Waals surface area contributed by atoms with Gasteiger partial charge in [0.2, 0.25) is 0 Å². The zero-order chi connectivity index (χ0) is 13.8. The predicted molar refractivity (Wildman–Crippen MR) is 76.2 cm³/mol. The molecule has 1 aromatic carbocycles. The number of hydrogen-bond acceptors (Lipinski definition) is 3. The number of aromatic nitrogens is 1. The second-order valence-electron chi connectivity index (χ2n) is 4.48. The largest absolute Gasteiger partial charge is 0.329 e. The second kappa shape index (κ2) is 5.80. The minimum Gasteiger partial charge on any atom is -0.329 e. The molecule has 4 heteroatoms. The van der Waals surface area contributed by atoms with Gasteiger partial charge in [0.15, 0.2) is 0 Å². The zero-order valence-corrected chi connectivity index (χ0v) is 11.4. The Balaban J connectivity index is 2.29. The van der Waals surface area contributed by atoms with Gasteiger partial charge >= 0.3 is 0 Å². The molecule has 2 rings (SSSR count). The Morgan fingerprint density at radius 2 is 2.05 bits per heavy atom. The highest BCUT2D eigenvalue weighted by Crippen LogP contribution is 2.23. The molecule has 0 saturated carbocycles. The Labute approximate surface area is 113 Å². The van der Waals surface area contributed by atoms with E-state index in [1.54, 1.807) is 6.07 Å². The molecule has 0 atom stereocenters. The molecular formula is C15H18FN3. The minimum absolute atomic E-state index is 0.243. The average Bonchev–Trinajstić information content (AvgIpc) is 2.40. The second-order valence-corrected chi connectivity index (χ2v) is 4.48. The van der Waals surface area contributed by atoms with Gasteiger partial charge in [-0.3, -0.25) is 0 Å². The van der Waals surface area contributed by atoms with Gasteiger partial charge in [0.25, 0.3) is 0 Å². The number of benzene rings is 1. The number of rotatable bonds is 4. The van der Waals surface area contributed by atoms with E-state index in [2.05, 4.69) is 10.3 Å². The molecule has 0 radical (unpaired) electrons. The van der Waals surface area contributed by atoms with Crippen LogP contribution in [-0.2, 0) is 6.54 Å². The highest BCUT2D eigenvalue weighted by atomic mass is 19.1. The van der Waals surface area contributed by atoms with Crippen LogP contribution in [-0.4, -0.2) is 19.1 Å². The first kappa shape index (κ1) is 13.5. The standard InChI is InChI=1S/C15H18FN3/c1-11-12(10-17-2)7-8-15(18-11)19(3)14-6-4-5-13(16)9-14/h4-9,17H,10H2,1-3H3. The molecule has 100 valence electrons. The summed E-state index contributed by atoms with van der Waals surface area (Å²) in [5, 5.41) is 3.11. The van der Waals surface area contributed by atoms with Gasteiger partial charge in [-0.2, -0.15) is 0 Å². The SMILES string of the molecule is CNCc1ccc(N(C)c2cccc(F)c2)nc1C. The summed E-state index contributed by atoms with van der Waals surface area (Å²) >= 11 is 0. The van der Waals surface area contributed by atoms with Crippen LogP contribution < -0.4 is 10.2 Å². The van der Waals surface area contributed by atoms with Crippen LogP contribution in [0.25, 0.3) is 0 Å². The maximum atomic E-state index is 13.2. The van der Waals surface area contributed by atoms with E-state index in [0.717, 1.165) is 23.7 Å². The van der Waals surface area contributed by atoms with E-state index >= 15 is 0 Å². The fraction of sp³-hybridized carbons (Fsp3) is 0.267. The Bertz CT molecular complexity index is 569. The molecule has 2 aromatic rings. The minimum atomic E-state index is -0.243. The van der Waals surface area contributed by atoms with Crippen LogP contribution in [0, 0.1) is 12.7 Å². The van der Waals surface area contributed by atoms with Crippen molar-refractivity contribution >= 4 is 11.5 Å². The van der Waals surface area contributed by atoms with Crippen molar-refractivity contribution in [1.82, 2.24) is 10.3 Å². The summed E-state index contributed by atoms with van der Waals surface area (Å²) in [5.74, 6) is 0.566. The number of hydrogen-bond donors (Lipinski definition) is 1. The topological polar surface area (TPSA) is 28.2 Å². The van der Waals surface area contributed by atoms with Gasteiger partial charge in [-0.25, -0.2) is 9.37 Å². The van der Waals surface area contributed by atoms with Crippen LogP contribution in [0.3, 0.4) is 0 Å². The van der Waals surface area contributed by atoms with Crippen molar-refractivity contribution in [3.05, 3.63) is 53.5 Å². The molecule has 0 aliphatic carbocycles. The third kappa shape index (κ3) is 3.09. The monoisotopic (exact) mass is 259 g/mol. The lowest BCUT2D eigenvalue weighted by Gasteiger charge is -2.19. The van der Waals surface area contributed by atoms with Crippen molar-refractivity contribution in [2.24, 2.45) is 0 Å². The predicted octanol–water partition coefficient (Wildman–Crippen LogP) is 3.02. The molecule has 1 aromatic heterocycles. The van der Waals surface area contributed by atoms with E-state index in [-0.39, 0.29) is 5.82 Å². The van der Waals surface area contributed by atoms with Gasteiger partial charge in [0, 0.05) is 25.0 Å². The number of halogens is 1. The molecule has 0 aliphatic rings. The van der Waals surface area contributed by atoms with Gasteiger partial charge in [0.1, 0.15) is 11.6 Å². The summed E-state index contributed by atoms with van der Waals surface area (Å²) in [7, 11) is 3.79. The number of aryl methyl sites for hydroxylation is 1. The van der Waals surface area contributed by atoms with E-state index < -0.39 is 0 Å². The summed E-state index contributed by atoms with van der Waals surface area (Å²) in [6, 6.07) is 10.5. The third-order valence-corrected chi connectivity index (χ3v) is 3.09. The molecule has 0 saturated heterocycles. The van der Waals surface area contributed by atoms with E-state index in [1.807, 2.05) is 44.1 Å². The Hall–Kier alpha value is -1.94. The molecular weight excluding hydrogens is 241 g/mol. The summed E-state index contributed by atoms with van der Waals surface area (Å²) in [4.78, 5) is 6.44. The molecule has 0 aliphatic heterocycles. The average molecular weight is 259 g/mol. The first-order valence-corrected chi connectivity index (χ1v) is 6.22. The lowest BCUT2D eigenvalue weighted by molar-refractivity contribution is 0.628. The summed E-state index contributed by atoms with van der Waals surface area (Å²) < 4.78 is 13.2. The molecule has 1 heterocycles. The number of anilines is 2.